The lowest BCUT2D eigenvalue weighted by Crippen LogP contribution is -2.40. The summed E-state index contributed by atoms with van der Waals surface area (Å²) in [7, 11) is 3.81. The van der Waals surface area contributed by atoms with Crippen LogP contribution in [0.15, 0.2) is 30.7 Å². The Morgan fingerprint density at radius 1 is 1.16 bits per heavy atom. The first-order valence-corrected chi connectivity index (χ1v) is 8.13. The van der Waals surface area contributed by atoms with Crippen molar-refractivity contribution in [3.63, 3.8) is 0 Å². The molecule has 2 rings (SSSR count). The van der Waals surface area contributed by atoms with E-state index in [9.17, 15) is 9.59 Å². The number of aryl methyl sites for hydroxylation is 2. The van der Waals surface area contributed by atoms with Crippen LogP contribution < -0.4 is 15.5 Å². The number of carbonyl (C=O) groups excluding carboxylic acids is 2. The SMILES string of the molecule is Cc1nccn1CCCNC(=O)C(=O)NCc1ccc(N(C)C)nc1. The van der Waals surface area contributed by atoms with Crippen molar-refractivity contribution in [2.45, 2.75) is 26.4 Å². The molecule has 2 aromatic rings. The average molecular weight is 344 g/mol. The molecule has 0 spiro atoms. The zero-order valence-corrected chi connectivity index (χ0v) is 14.8. The third kappa shape index (κ3) is 5.59. The maximum absolute atomic E-state index is 11.8. The van der Waals surface area contributed by atoms with Crippen molar-refractivity contribution in [1.29, 1.82) is 0 Å². The van der Waals surface area contributed by atoms with Crippen molar-refractivity contribution >= 4 is 17.6 Å². The topological polar surface area (TPSA) is 92.1 Å². The van der Waals surface area contributed by atoms with Gasteiger partial charge in [0.15, 0.2) is 0 Å². The normalized spacial score (nSPS) is 10.4. The molecule has 2 aromatic heterocycles. The first-order valence-electron chi connectivity index (χ1n) is 8.13. The van der Waals surface area contributed by atoms with Crippen LogP contribution in [0.3, 0.4) is 0 Å². The lowest BCUT2D eigenvalue weighted by molar-refractivity contribution is -0.139. The molecule has 8 nitrogen and oxygen atoms in total. The molecule has 2 N–H and O–H groups in total. The van der Waals surface area contributed by atoms with Crippen LogP contribution in [0.5, 0.6) is 0 Å². The van der Waals surface area contributed by atoms with E-state index in [1.165, 1.54) is 0 Å². The minimum Gasteiger partial charge on any atom is -0.363 e. The fourth-order valence-electron chi connectivity index (χ4n) is 2.22. The standard InChI is InChI=1S/C17H24N6O2/c1-13-18-8-10-23(13)9-4-7-19-16(24)17(25)21-12-14-5-6-15(20-11-14)22(2)3/h5-6,8,10-11H,4,7,9,12H2,1-3H3,(H,19,24)(H,21,25). The molecule has 2 amide bonds. The minimum atomic E-state index is -0.643. The Morgan fingerprint density at radius 3 is 2.52 bits per heavy atom. The van der Waals surface area contributed by atoms with Gasteiger partial charge in [0.1, 0.15) is 11.6 Å². The molecule has 0 atom stereocenters. The van der Waals surface area contributed by atoms with Gasteiger partial charge in [0, 0.05) is 52.3 Å². The van der Waals surface area contributed by atoms with Crippen LogP contribution in [0.4, 0.5) is 5.82 Å². The molecular weight excluding hydrogens is 320 g/mol. The number of rotatable bonds is 7. The third-order valence-corrected chi connectivity index (χ3v) is 3.71. The number of nitrogens with zero attached hydrogens (tertiary/aromatic N) is 4. The van der Waals surface area contributed by atoms with Gasteiger partial charge in [-0.25, -0.2) is 9.97 Å². The van der Waals surface area contributed by atoms with Gasteiger partial charge in [-0.15, -0.1) is 0 Å². The summed E-state index contributed by atoms with van der Waals surface area (Å²) >= 11 is 0. The summed E-state index contributed by atoms with van der Waals surface area (Å²) in [5.74, 6) is 0.495. The molecule has 0 saturated heterocycles. The Balaban J connectivity index is 1.67. The summed E-state index contributed by atoms with van der Waals surface area (Å²) in [6, 6.07) is 3.73. The van der Waals surface area contributed by atoms with Crippen LogP contribution >= 0.6 is 0 Å². The summed E-state index contributed by atoms with van der Waals surface area (Å²) in [6.07, 6.45) is 6.04. The molecule has 25 heavy (non-hydrogen) atoms. The van der Waals surface area contributed by atoms with Crippen molar-refractivity contribution in [2.75, 3.05) is 25.5 Å². The molecule has 0 unspecified atom stereocenters. The number of aromatic nitrogens is 3. The Kier molecular flexibility index (Phi) is 6.50. The fourth-order valence-corrected chi connectivity index (χ4v) is 2.22. The van der Waals surface area contributed by atoms with Crippen molar-refractivity contribution in [2.24, 2.45) is 0 Å². The minimum absolute atomic E-state index is 0.265. The quantitative estimate of drug-likeness (QED) is 0.563. The molecule has 0 aliphatic carbocycles. The van der Waals surface area contributed by atoms with E-state index in [1.54, 1.807) is 12.4 Å². The van der Waals surface area contributed by atoms with E-state index in [1.807, 2.05) is 48.8 Å². The second-order valence-electron chi connectivity index (χ2n) is 5.88. The third-order valence-electron chi connectivity index (χ3n) is 3.71. The maximum atomic E-state index is 11.8. The number of carbonyl (C=O) groups is 2. The highest BCUT2D eigenvalue weighted by Gasteiger charge is 2.12. The summed E-state index contributed by atoms with van der Waals surface area (Å²) in [5, 5.41) is 5.21. The number of anilines is 1. The van der Waals surface area contributed by atoms with Gasteiger partial charge < -0.3 is 20.1 Å². The van der Waals surface area contributed by atoms with E-state index >= 15 is 0 Å². The highest BCUT2D eigenvalue weighted by molar-refractivity contribution is 6.35. The molecule has 0 aromatic carbocycles. The molecule has 8 heteroatoms. The number of amides is 2. The highest BCUT2D eigenvalue weighted by atomic mass is 16.2. The average Bonchev–Trinajstić information content (AvgIpc) is 3.01. The van der Waals surface area contributed by atoms with Gasteiger partial charge in [0.25, 0.3) is 0 Å². The van der Waals surface area contributed by atoms with Crippen molar-refractivity contribution in [3.05, 3.63) is 42.1 Å². The number of nitrogens with one attached hydrogen (secondary N) is 2. The van der Waals surface area contributed by atoms with E-state index < -0.39 is 11.8 Å². The molecule has 134 valence electrons. The van der Waals surface area contributed by atoms with Gasteiger partial charge in [-0.2, -0.15) is 0 Å². The van der Waals surface area contributed by atoms with Gasteiger partial charge >= 0.3 is 11.8 Å². The molecule has 2 heterocycles. The van der Waals surface area contributed by atoms with Crippen LogP contribution in [0.1, 0.15) is 17.8 Å². The van der Waals surface area contributed by atoms with Gasteiger partial charge in [-0.1, -0.05) is 6.07 Å². The molecule has 0 saturated carbocycles. The zero-order chi connectivity index (χ0) is 18.2. The molecule has 0 radical (unpaired) electrons. The van der Waals surface area contributed by atoms with E-state index in [2.05, 4.69) is 20.6 Å². The predicted octanol–water partition coefficient (Wildman–Crippen LogP) is 0.475. The van der Waals surface area contributed by atoms with Crippen molar-refractivity contribution < 1.29 is 9.59 Å². The van der Waals surface area contributed by atoms with E-state index in [4.69, 9.17) is 0 Å². The van der Waals surface area contributed by atoms with Crippen LogP contribution in [0, 0.1) is 6.92 Å². The van der Waals surface area contributed by atoms with Gasteiger partial charge in [0.2, 0.25) is 0 Å². The van der Waals surface area contributed by atoms with Gasteiger partial charge in [0.05, 0.1) is 0 Å². The lowest BCUT2D eigenvalue weighted by Gasteiger charge is -2.11. The number of hydrogen-bond donors (Lipinski definition) is 2. The number of imidazole rings is 1. The first kappa shape index (κ1) is 18.4. The van der Waals surface area contributed by atoms with E-state index in [0.29, 0.717) is 6.54 Å². The van der Waals surface area contributed by atoms with E-state index in [0.717, 1.165) is 30.2 Å². The fraction of sp³-hybridized carbons (Fsp3) is 0.412. The van der Waals surface area contributed by atoms with Crippen molar-refractivity contribution in [1.82, 2.24) is 25.2 Å². The Hall–Kier alpha value is -2.90. The Bertz CT molecular complexity index is 708. The van der Waals surface area contributed by atoms with Gasteiger partial charge in [-0.05, 0) is 25.0 Å². The van der Waals surface area contributed by atoms with Crippen LogP contribution in [0.2, 0.25) is 0 Å². The summed E-state index contributed by atoms with van der Waals surface area (Å²) in [6.45, 7) is 3.37. The monoisotopic (exact) mass is 344 g/mol. The van der Waals surface area contributed by atoms with Crippen molar-refractivity contribution in [3.8, 4) is 0 Å². The lowest BCUT2D eigenvalue weighted by atomic mass is 10.2. The van der Waals surface area contributed by atoms with Crippen LogP contribution in [-0.4, -0.2) is 47.0 Å². The van der Waals surface area contributed by atoms with Crippen LogP contribution in [0.25, 0.3) is 0 Å². The van der Waals surface area contributed by atoms with Crippen LogP contribution in [-0.2, 0) is 22.7 Å². The van der Waals surface area contributed by atoms with E-state index in [-0.39, 0.29) is 6.54 Å². The predicted molar refractivity (Wildman–Crippen MR) is 95.0 cm³/mol. The molecule has 0 aliphatic rings. The second-order valence-corrected chi connectivity index (χ2v) is 5.88. The number of hydrogen-bond acceptors (Lipinski definition) is 5. The highest BCUT2D eigenvalue weighted by Crippen LogP contribution is 2.07. The maximum Gasteiger partial charge on any atom is 0.309 e. The summed E-state index contributed by atoms with van der Waals surface area (Å²) < 4.78 is 2.00. The Morgan fingerprint density at radius 2 is 1.92 bits per heavy atom. The Labute approximate surface area is 147 Å². The summed E-state index contributed by atoms with van der Waals surface area (Å²) in [4.78, 5) is 33.9. The first-order chi connectivity index (χ1) is 12.0. The molecule has 0 bridgehead atoms. The number of pyridine rings is 1. The summed E-state index contributed by atoms with van der Waals surface area (Å²) in [5.41, 5.74) is 0.835. The second kappa shape index (κ2) is 8.81. The molecule has 0 fully saturated rings. The smallest absolute Gasteiger partial charge is 0.309 e. The largest absolute Gasteiger partial charge is 0.363 e. The molecular formula is C17H24N6O2. The van der Waals surface area contributed by atoms with Gasteiger partial charge in [-0.3, -0.25) is 9.59 Å². The molecule has 0 aliphatic heterocycles. The zero-order valence-electron chi connectivity index (χ0n) is 14.8.